The van der Waals surface area contributed by atoms with E-state index >= 15 is 0 Å². The molecule has 0 unspecified atom stereocenters. The van der Waals surface area contributed by atoms with Crippen molar-refractivity contribution in [3.8, 4) is 0 Å². The van der Waals surface area contributed by atoms with Gasteiger partial charge in [-0.3, -0.25) is 19.5 Å². The minimum absolute atomic E-state index is 0.0446. The Balaban J connectivity index is 1.34. The standard InChI is InChI=1S/C18H25N5O3/c1-21-15-11-23(12-16(15)26-9-4-17(21)24)13-2-7-22(8-3-13)18(25)14-10-19-5-6-20-14/h5-6,10,13,15-16H,2-4,7-9,11-12H2,1H3/t15-,16-/m0/s1. The summed E-state index contributed by atoms with van der Waals surface area (Å²) in [5.41, 5.74) is 0.405. The maximum Gasteiger partial charge on any atom is 0.274 e. The third-order valence-electron chi connectivity index (χ3n) is 5.85. The molecular weight excluding hydrogens is 334 g/mol. The van der Waals surface area contributed by atoms with E-state index in [2.05, 4.69) is 14.9 Å². The fraction of sp³-hybridized carbons (Fsp3) is 0.667. The number of piperidine rings is 1. The van der Waals surface area contributed by atoms with Gasteiger partial charge in [-0.15, -0.1) is 0 Å². The molecule has 4 rings (SSSR count). The predicted molar refractivity (Wildman–Crippen MR) is 93.4 cm³/mol. The largest absolute Gasteiger partial charge is 0.374 e. The van der Waals surface area contributed by atoms with Gasteiger partial charge in [0.1, 0.15) is 5.69 Å². The molecular formula is C18H25N5O3. The SMILES string of the molecule is CN1C(=O)CCO[C@H]2CN(C3CCN(C(=O)c4cnccn4)CC3)C[C@@H]21. The van der Waals surface area contributed by atoms with Crippen molar-refractivity contribution < 1.29 is 14.3 Å². The van der Waals surface area contributed by atoms with Gasteiger partial charge < -0.3 is 14.5 Å². The van der Waals surface area contributed by atoms with Crippen molar-refractivity contribution in [1.29, 1.82) is 0 Å². The van der Waals surface area contributed by atoms with Gasteiger partial charge in [-0.05, 0) is 12.8 Å². The predicted octanol–water partition coefficient (Wildman–Crippen LogP) is 0.0127. The molecule has 3 aliphatic rings. The molecule has 2 atom stereocenters. The second kappa shape index (κ2) is 7.28. The molecule has 8 nitrogen and oxygen atoms in total. The van der Waals surface area contributed by atoms with Gasteiger partial charge in [-0.2, -0.15) is 0 Å². The number of aromatic nitrogens is 2. The van der Waals surface area contributed by atoms with E-state index in [0.29, 0.717) is 24.8 Å². The Morgan fingerprint density at radius 1 is 1.23 bits per heavy atom. The van der Waals surface area contributed by atoms with Crippen LogP contribution in [0.25, 0.3) is 0 Å². The van der Waals surface area contributed by atoms with Crippen LogP contribution < -0.4 is 0 Å². The zero-order valence-corrected chi connectivity index (χ0v) is 15.1. The van der Waals surface area contributed by atoms with Crippen molar-refractivity contribution in [1.82, 2.24) is 24.7 Å². The molecule has 0 bridgehead atoms. The lowest BCUT2D eigenvalue weighted by Gasteiger charge is -2.36. The summed E-state index contributed by atoms with van der Waals surface area (Å²) in [5.74, 6) is 0.125. The van der Waals surface area contributed by atoms with Gasteiger partial charge in [0.25, 0.3) is 5.91 Å². The van der Waals surface area contributed by atoms with E-state index in [1.165, 1.54) is 6.20 Å². The molecule has 0 aromatic carbocycles. The number of hydrogen-bond donors (Lipinski definition) is 0. The quantitative estimate of drug-likeness (QED) is 0.740. The van der Waals surface area contributed by atoms with Crippen molar-refractivity contribution >= 4 is 11.8 Å². The van der Waals surface area contributed by atoms with Crippen LogP contribution in [0.3, 0.4) is 0 Å². The summed E-state index contributed by atoms with van der Waals surface area (Å²) in [6, 6.07) is 0.573. The molecule has 3 fully saturated rings. The van der Waals surface area contributed by atoms with E-state index < -0.39 is 0 Å². The zero-order chi connectivity index (χ0) is 18.1. The van der Waals surface area contributed by atoms with Crippen molar-refractivity contribution in [2.75, 3.05) is 39.8 Å². The smallest absolute Gasteiger partial charge is 0.274 e. The average molecular weight is 359 g/mol. The summed E-state index contributed by atoms with van der Waals surface area (Å²) in [4.78, 5) is 38.8. The summed E-state index contributed by atoms with van der Waals surface area (Å²) in [5, 5.41) is 0. The van der Waals surface area contributed by atoms with Crippen molar-refractivity contribution in [3.05, 3.63) is 24.3 Å². The topological polar surface area (TPSA) is 78.9 Å². The van der Waals surface area contributed by atoms with Gasteiger partial charge in [0, 0.05) is 51.7 Å². The summed E-state index contributed by atoms with van der Waals surface area (Å²) in [6.45, 7) is 3.69. The minimum Gasteiger partial charge on any atom is -0.374 e. The number of amides is 2. The molecule has 2 amide bonds. The molecule has 26 heavy (non-hydrogen) atoms. The summed E-state index contributed by atoms with van der Waals surface area (Å²) < 4.78 is 5.92. The molecule has 8 heteroatoms. The number of rotatable bonds is 2. The molecule has 140 valence electrons. The van der Waals surface area contributed by atoms with Crippen LogP contribution in [0.4, 0.5) is 0 Å². The van der Waals surface area contributed by atoms with Crippen LogP contribution in [0.2, 0.25) is 0 Å². The number of nitrogens with zero attached hydrogens (tertiary/aromatic N) is 5. The number of fused-ring (bicyclic) bond motifs is 1. The third kappa shape index (κ3) is 3.31. The Hall–Kier alpha value is -2.06. The number of carbonyl (C=O) groups is 2. The van der Waals surface area contributed by atoms with Crippen LogP contribution in [0, 0.1) is 0 Å². The highest BCUT2D eigenvalue weighted by molar-refractivity contribution is 5.92. The van der Waals surface area contributed by atoms with Crippen LogP contribution >= 0.6 is 0 Å². The number of hydrogen-bond acceptors (Lipinski definition) is 6. The molecule has 0 radical (unpaired) electrons. The summed E-state index contributed by atoms with van der Waals surface area (Å²) >= 11 is 0. The van der Waals surface area contributed by atoms with Gasteiger partial charge in [0.15, 0.2) is 0 Å². The number of likely N-dealkylation sites (tertiary alicyclic amines) is 2. The minimum atomic E-state index is -0.0446. The van der Waals surface area contributed by atoms with Crippen molar-refractivity contribution in [2.24, 2.45) is 0 Å². The zero-order valence-electron chi connectivity index (χ0n) is 15.1. The molecule has 0 aliphatic carbocycles. The Bertz CT molecular complexity index is 662. The van der Waals surface area contributed by atoms with E-state index in [1.807, 2.05) is 16.8 Å². The van der Waals surface area contributed by atoms with Gasteiger partial charge in [0.05, 0.1) is 31.4 Å². The number of ether oxygens (including phenoxy) is 1. The van der Waals surface area contributed by atoms with Crippen LogP contribution in [-0.2, 0) is 9.53 Å². The average Bonchev–Trinajstić information content (AvgIpc) is 3.06. The molecule has 0 N–H and O–H groups in total. The highest BCUT2D eigenvalue weighted by Gasteiger charge is 2.42. The molecule has 1 aromatic rings. The van der Waals surface area contributed by atoms with E-state index in [9.17, 15) is 9.59 Å². The van der Waals surface area contributed by atoms with Crippen molar-refractivity contribution in [2.45, 2.75) is 37.5 Å². The Kier molecular flexibility index (Phi) is 4.86. The first-order chi connectivity index (χ1) is 12.6. The van der Waals surface area contributed by atoms with E-state index in [4.69, 9.17) is 4.74 Å². The van der Waals surface area contributed by atoms with Gasteiger partial charge in [-0.25, -0.2) is 4.98 Å². The van der Waals surface area contributed by atoms with Crippen LogP contribution in [0.5, 0.6) is 0 Å². The molecule has 0 spiro atoms. The van der Waals surface area contributed by atoms with E-state index in [-0.39, 0.29) is 24.0 Å². The highest BCUT2D eigenvalue weighted by Crippen LogP contribution is 2.27. The number of carbonyl (C=O) groups excluding carboxylic acids is 2. The Labute approximate surface area is 153 Å². The normalized spacial score (nSPS) is 28.1. The molecule has 3 aliphatic heterocycles. The highest BCUT2D eigenvalue weighted by atomic mass is 16.5. The first kappa shape index (κ1) is 17.4. The third-order valence-corrected chi connectivity index (χ3v) is 5.85. The van der Waals surface area contributed by atoms with E-state index in [0.717, 1.165) is 39.0 Å². The Morgan fingerprint density at radius 3 is 2.77 bits per heavy atom. The lowest BCUT2D eigenvalue weighted by atomic mass is 10.0. The molecule has 1 aromatic heterocycles. The molecule has 3 saturated heterocycles. The van der Waals surface area contributed by atoms with Crippen LogP contribution in [0.15, 0.2) is 18.6 Å². The number of likely N-dealkylation sites (N-methyl/N-ethyl adjacent to an activating group) is 1. The van der Waals surface area contributed by atoms with E-state index in [1.54, 1.807) is 12.4 Å². The maximum absolute atomic E-state index is 12.5. The van der Waals surface area contributed by atoms with Crippen LogP contribution in [-0.4, -0.2) is 94.5 Å². The Morgan fingerprint density at radius 2 is 2.04 bits per heavy atom. The molecule has 0 saturated carbocycles. The maximum atomic E-state index is 12.5. The lowest BCUT2D eigenvalue weighted by Crippen LogP contribution is -2.47. The fourth-order valence-electron chi connectivity index (χ4n) is 4.28. The molecule has 4 heterocycles. The van der Waals surface area contributed by atoms with Gasteiger partial charge in [-0.1, -0.05) is 0 Å². The van der Waals surface area contributed by atoms with Crippen LogP contribution in [0.1, 0.15) is 29.8 Å². The van der Waals surface area contributed by atoms with Gasteiger partial charge in [0.2, 0.25) is 5.91 Å². The van der Waals surface area contributed by atoms with Crippen molar-refractivity contribution in [3.63, 3.8) is 0 Å². The second-order valence-corrected chi connectivity index (χ2v) is 7.30. The van der Waals surface area contributed by atoms with Gasteiger partial charge >= 0.3 is 0 Å². The first-order valence-electron chi connectivity index (χ1n) is 9.30. The lowest BCUT2D eigenvalue weighted by molar-refractivity contribution is -0.131. The first-order valence-corrected chi connectivity index (χ1v) is 9.30. The monoisotopic (exact) mass is 359 g/mol. The fourth-order valence-corrected chi connectivity index (χ4v) is 4.28. The summed E-state index contributed by atoms with van der Waals surface area (Å²) in [6.07, 6.45) is 7.09. The summed E-state index contributed by atoms with van der Waals surface area (Å²) in [7, 11) is 1.89. The second-order valence-electron chi connectivity index (χ2n) is 7.30.